The van der Waals surface area contributed by atoms with E-state index in [4.69, 9.17) is 10.8 Å². The second-order valence-electron chi connectivity index (χ2n) is 7.62. The zero-order valence-corrected chi connectivity index (χ0v) is 16.1. The summed E-state index contributed by atoms with van der Waals surface area (Å²) in [5.74, 6) is 0.0286. The molecule has 0 aromatic heterocycles. The average molecular weight is 342 g/mol. The van der Waals surface area contributed by atoms with E-state index in [1.165, 1.54) is 32.1 Å². The number of aliphatic carboxylic acids is 1. The Morgan fingerprint density at radius 2 is 1.33 bits per heavy atom. The summed E-state index contributed by atoms with van der Waals surface area (Å²) in [7, 11) is 0. The van der Waals surface area contributed by atoms with E-state index in [-0.39, 0.29) is 24.2 Å². The lowest BCUT2D eigenvalue weighted by atomic mass is 9.90. The van der Waals surface area contributed by atoms with Gasteiger partial charge in [-0.3, -0.25) is 9.59 Å². The maximum Gasteiger partial charge on any atom is 0.303 e. The Balaban J connectivity index is 3.85. The van der Waals surface area contributed by atoms with E-state index in [9.17, 15) is 9.59 Å². The van der Waals surface area contributed by atoms with E-state index in [1.54, 1.807) is 0 Å². The van der Waals surface area contributed by atoms with Gasteiger partial charge in [0.05, 0.1) is 0 Å². The van der Waals surface area contributed by atoms with E-state index in [2.05, 4.69) is 13.8 Å². The second-order valence-corrected chi connectivity index (χ2v) is 7.62. The molecule has 0 aliphatic carbocycles. The molecular weight excluding hydrogens is 302 g/mol. The number of unbranched alkanes of at least 4 members (excludes halogenated alkanes) is 3. The fraction of sp³-hybridized carbons (Fsp3) is 0.900. The molecule has 142 valence electrons. The maximum absolute atomic E-state index is 11.6. The van der Waals surface area contributed by atoms with Crippen molar-refractivity contribution in [3.63, 3.8) is 0 Å². The molecule has 0 fully saturated rings. The van der Waals surface area contributed by atoms with Gasteiger partial charge in [-0.15, -0.1) is 0 Å². The molecule has 24 heavy (non-hydrogen) atoms. The molecule has 0 bridgehead atoms. The first kappa shape index (κ1) is 22.9. The number of carboxylic acids is 1. The van der Waals surface area contributed by atoms with Gasteiger partial charge in [-0.2, -0.15) is 0 Å². The number of hydrogen-bond acceptors (Lipinski definition) is 2. The number of carboxylic acid groups (broad SMARTS) is 1. The van der Waals surface area contributed by atoms with Crippen LogP contribution < -0.4 is 5.73 Å². The predicted molar refractivity (Wildman–Crippen MR) is 99.7 cm³/mol. The monoisotopic (exact) mass is 341 g/mol. The Kier molecular flexibility index (Phi) is 13.7. The van der Waals surface area contributed by atoms with Gasteiger partial charge in [0.2, 0.25) is 5.91 Å². The highest BCUT2D eigenvalue weighted by atomic mass is 16.4. The third-order valence-electron chi connectivity index (χ3n) is 4.97. The van der Waals surface area contributed by atoms with Crippen LogP contribution in [0.3, 0.4) is 0 Å². The number of hydrogen-bond donors (Lipinski definition) is 2. The van der Waals surface area contributed by atoms with Crippen molar-refractivity contribution in [1.82, 2.24) is 0 Å². The lowest BCUT2D eigenvalue weighted by Gasteiger charge is -2.16. The minimum atomic E-state index is -0.731. The van der Waals surface area contributed by atoms with Crippen molar-refractivity contribution in [1.29, 1.82) is 0 Å². The van der Waals surface area contributed by atoms with Gasteiger partial charge >= 0.3 is 5.97 Å². The SMILES string of the molecule is CCCCCC(C)CCCC(CCCCC(C)CC(=O)O)C(N)=O. The smallest absolute Gasteiger partial charge is 0.303 e. The van der Waals surface area contributed by atoms with Crippen LogP contribution in [0.2, 0.25) is 0 Å². The number of primary amides is 1. The Morgan fingerprint density at radius 3 is 1.92 bits per heavy atom. The molecule has 0 saturated carbocycles. The van der Waals surface area contributed by atoms with Crippen LogP contribution in [0.4, 0.5) is 0 Å². The van der Waals surface area contributed by atoms with Crippen molar-refractivity contribution in [2.75, 3.05) is 0 Å². The normalized spacial score (nSPS) is 15.0. The van der Waals surface area contributed by atoms with Crippen molar-refractivity contribution in [2.45, 2.75) is 97.8 Å². The summed E-state index contributed by atoms with van der Waals surface area (Å²) in [5, 5.41) is 8.75. The average Bonchev–Trinajstić information content (AvgIpc) is 2.48. The first-order valence-electron chi connectivity index (χ1n) is 9.87. The van der Waals surface area contributed by atoms with Crippen molar-refractivity contribution < 1.29 is 14.7 Å². The summed E-state index contributed by atoms with van der Waals surface area (Å²) in [6.45, 7) is 6.50. The number of rotatable bonds is 16. The van der Waals surface area contributed by atoms with Gasteiger partial charge in [0.25, 0.3) is 0 Å². The molecule has 0 saturated heterocycles. The minimum absolute atomic E-state index is 0.0115. The highest BCUT2D eigenvalue weighted by molar-refractivity contribution is 5.76. The molecule has 0 rings (SSSR count). The van der Waals surface area contributed by atoms with E-state index in [1.807, 2.05) is 6.92 Å². The highest BCUT2D eigenvalue weighted by Crippen LogP contribution is 2.22. The van der Waals surface area contributed by atoms with Crippen LogP contribution in [0.5, 0.6) is 0 Å². The van der Waals surface area contributed by atoms with Crippen molar-refractivity contribution >= 4 is 11.9 Å². The van der Waals surface area contributed by atoms with Gasteiger partial charge in [0.15, 0.2) is 0 Å². The summed E-state index contributed by atoms with van der Waals surface area (Å²) >= 11 is 0. The number of amides is 1. The molecule has 0 aliphatic heterocycles. The van der Waals surface area contributed by atoms with Crippen molar-refractivity contribution in [2.24, 2.45) is 23.5 Å². The molecular formula is C20H39NO3. The Morgan fingerprint density at radius 1 is 0.833 bits per heavy atom. The number of carbonyl (C=O) groups excluding carboxylic acids is 1. The van der Waals surface area contributed by atoms with Crippen LogP contribution in [0, 0.1) is 17.8 Å². The van der Waals surface area contributed by atoms with Crippen LogP contribution in [0.25, 0.3) is 0 Å². The molecule has 3 unspecified atom stereocenters. The highest BCUT2D eigenvalue weighted by Gasteiger charge is 2.16. The van der Waals surface area contributed by atoms with Crippen LogP contribution in [-0.4, -0.2) is 17.0 Å². The Labute approximate surface area is 148 Å². The molecule has 3 atom stereocenters. The summed E-state index contributed by atoms with van der Waals surface area (Å²) in [6, 6.07) is 0. The lowest BCUT2D eigenvalue weighted by molar-refractivity contribution is -0.138. The van der Waals surface area contributed by atoms with Gasteiger partial charge in [-0.05, 0) is 24.7 Å². The van der Waals surface area contributed by atoms with Crippen molar-refractivity contribution in [3.8, 4) is 0 Å². The van der Waals surface area contributed by atoms with Gasteiger partial charge in [0, 0.05) is 12.3 Å². The molecule has 0 heterocycles. The summed E-state index contributed by atoms with van der Waals surface area (Å²) in [5.41, 5.74) is 5.54. The van der Waals surface area contributed by atoms with E-state index in [0.29, 0.717) is 0 Å². The quantitative estimate of drug-likeness (QED) is 0.381. The molecule has 3 N–H and O–H groups in total. The molecule has 1 amide bonds. The van der Waals surface area contributed by atoms with Gasteiger partial charge in [-0.1, -0.05) is 78.6 Å². The standard InChI is InChI=1S/C20H39NO3/c1-4-5-6-10-16(2)12-9-14-18(20(21)24)13-8-7-11-17(3)15-19(22)23/h16-18H,4-15H2,1-3H3,(H2,21,24)(H,22,23). The molecule has 4 nitrogen and oxygen atoms in total. The maximum atomic E-state index is 11.6. The summed E-state index contributed by atoms with van der Waals surface area (Å²) < 4.78 is 0. The van der Waals surface area contributed by atoms with Crippen LogP contribution in [0.1, 0.15) is 97.8 Å². The number of nitrogens with two attached hydrogens (primary N) is 1. The zero-order valence-electron chi connectivity index (χ0n) is 16.1. The van der Waals surface area contributed by atoms with Gasteiger partial charge in [-0.25, -0.2) is 0 Å². The third kappa shape index (κ3) is 13.4. The molecule has 0 aromatic rings. The molecule has 0 spiro atoms. The Hall–Kier alpha value is -1.06. The minimum Gasteiger partial charge on any atom is -0.481 e. The van der Waals surface area contributed by atoms with E-state index < -0.39 is 5.97 Å². The second kappa shape index (κ2) is 14.3. The molecule has 4 heteroatoms. The fourth-order valence-electron chi connectivity index (χ4n) is 3.31. The third-order valence-corrected chi connectivity index (χ3v) is 4.97. The first-order valence-corrected chi connectivity index (χ1v) is 9.87. The topological polar surface area (TPSA) is 80.4 Å². The van der Waals surface area contributed by atoms with Crippen LogP contribution >= 0.6 is 0 Å². The largest absolute Gasteiger partial charge is 0.481 e. The number of carbonyl (C=O) groups is 2. The summed E-state index contributed by atoms with van der Waals surface area (Å²) in [4.78, 5) is 22.2. The zero-order chi connectivity index (χ0) is 18.4. The van der Waals surface area contributed by atoms with Crippen LogP contribution in [0.15, 0.2) is 0 Å². The lowest BCUT2D eigenvalue weighted by Crippen LogP contribution is -2.23. The van der Waals surface area contributed by atoms with Gasteiger partial charge in [0.1, 0.15) is 0 Å². The molecule has 0 aromatic carbocycles. The van der Waals surface area contributed by atoms with Crippen molar-refractivity contribution in [3.05, 3.63) is 0 Å². The van der Waals surface area contributed by atoms with E-state index >= 15 is 0 Å². The molecule has 0 radical (unpaired) electrons. The van der Waals surface area contributed by atoms with Crippen LogP contribution in [-0.2, 0) is 9.59 Å². The molecule has 0 aliphatic rings. The fourth-order valence-corrected chi connectivity index (χ4v) is 3.31. The Bertz CT molecular complexity index is 344. The summed E-state index contributed by atoms with van der Waals surface area (Å²) in [6.07, 6.45) is 12.3. The van der Waals surface area contributed by atoms with E-state index in [0.717, 1.165) is 44.4 Å². The van der Waals surface area contributed by atoms with Gasteiger partial charge < -0.3 is 10.8 Å². The first-order chi connectivity index (χ1) is 11.4. The predicted octanol–water partition coefficient (Wildman–Crippen LogP) is 5.15.